The first-order valence-corrected chi connectivity index (χ1v) is 7.56. The van der Waals surface area contributed by atoms with Gasteiger partial charge in [-0.05, 0) is 38.9 Å². The number of nitrogens with one attached hydrogen (secondary N) is 1. The predicted octanol–water partition coefficient (Wildman–Crippen LogP) is 3.57. The van der Waals surface area contributed by atoms with Gasteiger partial charge in [-0.2, -0.15) is 0 Å². The zero-order valence-corrected chi connectivity index (χ0v) is 13.3. The van der Waals surface area contributed by atoms with E-state index in [-0.39, 0.29) is 5.91 Å². The van der Waals surface area contributed by atoms with Gasteiger partial charge < -0.3 is 5.32 Å². The minimum absolute atomic E-state index is 0.0370. The van der Waals surface area contributed by atoms with Crippen molar-refractivity contribution in [3.63, 3.8) is 0 Å². The number of carbonyl (C=O) groups is 1. The fourth-order valence-corrected chi connectivity index (χ4v) is 2.01. The zero-order chi connectivity index (χ0) is 15.0. The summed E-state index contributed by atoms with van der Waals surface area (Å²) in [5.74, 6) is 0.502. The molecule has 1 amide bonds. The van der Waals surface area contributed by atoms with E-state index in [0.29, 0.717) is 23.4 Å². The summed E-state index contributed by atoms with van der Waals surface area (Å²) in [6.45, 7) is 7.75. The Labute approximate surface area is 126 Å². The van der Waals surface area contributed by atoms with E-state index in [4.69, 9.17) is 11.6 Å². The lowest BCUT2D eigenvalue weighted by molar-refractivity contribution is -0.117. The van der Waals surface area contributed by atoms with E-state index in [0.717, 1.165) is 13.0 Å². The minimum atomic E-state index is -0.0370. The van der Waals surface area contributed by atoms with Crippen LogP contribution in [0.15, 0.2) is 18.3 Å². The van der Waals surface area contributed by atoms with Gasteiger partial charge in [-0.1, -0.05) is 31.4 Å². The molecule has 0 radical (unpaired) electrons. The van der Waals surface area contributed by atoms with Gasteiger partial charge in [0.15, 0.2) is 0 Å². The van der Waals surface area contributed by atoms with Crippen LogP contribution in [0.5, 0.6) is 0 Å². The summed E-state index contributed by atoms with van der Waals surface area (Å²) in [6.07, 6.45) is 5.04. The van der Waals surface area contributed by atoms with Crippen molar-refractivity contribution in [3.8, 4) is 0 Å². The zero-order valence-electron chi connectivity index (χ0n) is 12.5. The third-order valence-corrected chi connectivity index (χ3v) is 3.34. The highest BCUT2D eigenvalue weighted by Crippen LogP contribution is 2.10. The van der Waals surface area contributed by atoms with Gasteiger partial charge >= 0.3 is 0 Å². The fourth-order valence-electron chi connectivity index (χ4n) is 1.90. The molecule has 0 saturated carbocycles. The molecule has 1 N–H and O–H groups in total. The first kappa shape index (κ1) is 16.9. The van der Waals surface area contributed by atoms with Crippen LogP contribution in [-0.2, 0) is 4.79 Å². The van der Waals surface area contributed by atoms with Gasteiger partial charge in [-0.3, -0.25) is 9.69 Å². The number of hydrogen-bond donors (Lipinski definition) is 1. The Bertz CT molecular complexity index is 406. The molecule has 0 aliphatic heterocycles. The van der Waals surface area contributed by atoms with Crippen LogP contribution in [0.25, 0.3) is 0 Å². The molecule has 0 bridgehead atoms. The lowest BCUT2D eigenvalue weighted by Gasteiger charge is -2.25. The molecule has 0 fully saturated rings. The summed E-state index contributed by atoms with van der Waals surface area (Å²) in [4.78, 5) is 18.3. The third kappa shape index (κ3) is 6.35. The van der Waals surface area contributed by atoms with Gasteiger partial charge in [-0.25, -0.2) is 4.98 Å². The predicted molar refractivity (Wildman–Crippen MR) is 84.1 cm³/mol. The molecule has 0 atom stereocenters. The van der Waals surface area contributed by atoms with Crippen LogP contribution in [0.4, 0.5) is 5.82 Å². The van der Waals surface area contributed by atoms with Gasteiger partial charge in [0, 0.05) is 12.2 Å². The van der Waals surface area contributed by atoms with Crippen molar-refractivity contribution in [2.75, 3.05) is 18.4 Å². The summed E-state index contributed by atoms with van der Waals surface area (Å²) < 4.78 is 0. The Morgan fingerprint density at radius 2 is 2.15 bits per heavy atom. The average Bonchev–Trinajstić information content (AvgIpc) is 2.40. The van der Waals surface area contributed by atoms with Gasteiger partial charge in [0.05, 0.1) is 11.6 Å². The molecule has 4 nitrogen and oxygen atoms in total. The quantitative estimate of drug-likeness (QED) is 0.746. The van der Waals surface area contributed by atoms with E-state index in [1.165, 1.54) is 19.0 Å². The van der Waals surface area contributed by atoms with Crippen molar-refractivity contribution in [1.82, 2.24) is 9.88 Å². The van der Waals surface area contributed by atoms with Crippen LogP contribution in [0.3, 0.4) is 0 Å². The third-order valence-electron chi connectivity index (χ3n) is 3.12. The first-order chi connectivity index (χ1) is 9.52. The van der Waals surface area contributed by atoms with E-state index in [1.54, 1.807) is 12.1 Å². The molecule has 0 spiro atoms. The fraction of sp³-hybridized carbons (Fsp3) is 0.600. The van der Waals surface area contributed by atoms with Crippen molar-refractivity contribution >= 4 is 23.3 Å². The SMILES string of the molecule is CCCCCN(CC(=O)Nc1ccc(Cl)cn1)C(C)C. The number of carbonyl (C=O) groups excluding carboxylic acids is 1. The second-order valence-electron chi connectivity index (χ2n) is 5.18. The Kier molecular flexibility index (Phi) is 7.55. The molecule has 0 unspecified atom stereocenters. The van der Waals surface area contributed by atoms with Crippen LogP contribution < -0.4 is 5.32 Å². The smallest absolute Gasteiger partial charge is 0.239 e. The molecular formula is C15H24ClN3O. The maximum absolute atomic E-state index is 12.0. The van der Waals surface area contributed by atoms with E-state index in [2.05, 4.69) is 36.0 Å². The molecule has 1 rings (SSSR count). The molecule has 0 aliphatic carbocycles. The number of halogens is 1. The second-order valence-corrected chi connectivity index (χ2v) is 5.62. The number of hydrogen-bond acceptors (Lipinski definition) is 3. The Morgan fingerprint density at radius 3 is 2.70 bits per heavy atom. The first-order valence-electron chi connectivity index (χ1n) is 7.18. The molecule has 0 saturated heterocycles. The summed E-state index contributed by atoms with van der Waals surface area (Å²) in [6, 6.07) is 3.78. The standard InChI is InChI=1S/C15H24ClN3O/c1-4-5-6-9-19(12(2)3)11-15(20)18-14-8-7-13(16)10-17-14/h7-8,10,12H,4-6,9,11H2,1-3H3,(H,17,18,20). The van der Waals surface area contributed by atoms with Crippen molar-refractivity contribution < 1.29 is 4.79 Å². The van der Waals surface area contributed by atoms with Gasteiger partial charge in [-0.15, -0.1) is 0 Å². The van der Waals surface area contributed by atoms with Crippen LogP contribution in [-0.4, -0.2) is 34.9 Å². The molecule has 1 aromatic heterocycles. The number of pyridine rings is 1. The maximum Gasteiger partial charge on any atom is 0.239 e. The second kappa shape index (κ2) is 8.93. The molecule has 1 aromatic rings. The van der Waals surface area contributed by atoms with Crippen LogP contribution in [0.2, 0.25) is 5.02 Å². The number of rotatable bonds is 8. The van der Waals surface area contributed by atoms with Crippen molar-refractivity contribution in [1.29, 1.82) is 0 Å². The molecule has 112 valence electrons. The topological polar surface area (TPSA) is 45.2 Å². The summed E-state index contributed by atoms with van der Waals surface area (Å²) in [5.41, 5.74) is 0. The van der Waals surface area contributed by atoms with Crippen LogP contribution >= 0.6 is 11.6 Å². The minimum Gasteiger partial charge on any atom is -0.310 e. The summed E-state index contributed by atoms with van der Waals surface area (Å²) in [7, 11) is 0. The van der Waals surface area contributed by atoms with E-state index >= 15 is 0 Å². The molecule has 5 heteroatoms. The molecule has 20 heavy (non-hydrogen) atoms. The maximum atomic E-state index is 12.0. The Hall–Kier alpha value is -1.13. The lowest BCUT2D eigenvalue weighted by Crippen LogP contribution is -2.38. The van der Waals surface area contributed by atoms with E-state index in [1.807, 2.05) is 0 Å². The molecule has 1 heterocycles. The van der Waals surface area contributed by atoms with Crippen LogP contribution in [0, 0.1) is 0 Å². The number of nitrogens with zero attached hydrogens (tertiary/aromatic N) is 2. The normalized spacial score (nSPS) is 11.1. The molecular weight excluding hydrogens is 274 g/mol. The lowest BCUT2D eigenvalue weighted by atomic mass is 10.2. The Balaban J connectivity index is 2.46. The van der Waals surface area contributed by atoms with E-state index < -0.39 is 0 Å². The van der Waals surface area contributed by atoms with E-state index in [9.17, 15) is 4.79 Å². The highest BCUT2D eigenvalue weighted by molar-refractivity contribution is 6.30. The number of anilines is 1. The monoisotopic (exact) mass is 297 g/mol. The number of unbranched alkanes of at least 4 members (excludes halogenated alkanes) is 2. The number of amides is 1. The van der Waals surface area contributed by atoms with Gasteiger partial charge in [0.2, 0.25) is 5.91 Å². The van der Waals surface area contributed by atoms with Crippen LogP contribution in [0.1, 0.15) is 40.0 Å². The van der Waals surface area contributed by atoms with Crippen molar-refractivity contribution in [2.45, 2.75) is 46.1 Å². The van der Waals surface area contributed by atoms with Gasteiger partial charge in [0.1, 0.15) is 5.82 Å². The largest absolute Gasteiger partial charge is 0.310 e. The van der Waals surface area contributed by atoms with Crippen molar-refractivity contribution in [2.24, 2.45) is 0 Å². The Morgan fingerprint density at radius 1 is 1.40 bits per heavy atom. The summed E-state index contributed by atoms with van der Waals surface area (Å²) in [5, 5.41) is 3.36. The highest BCUT2D eigenvalue weighted by atomic mass is 35.5. The average molecular weight is 298 g/mol. The van der Waals surface area contributed by atoms with Crippen molar-refractivity contribution in [3.05, 3.63) is 23.4 Å². The molecule has 0 aliphatic rings. The van der Waals surface area contributed by atoms with Gasteiger partial charge in [0.25, 0.3) is 0 Å². The highest BCUT2D eigenvalue weighted by Gasteiger charge is 2.14. The molecule has 0 aromatic carbocycles. The number of aromatic nitrogens is 1. The summed E-state index contributed by atoms with van der Waals surface area (Å²) >= 11 is 5.76.